The van der Waals surface area contributed by atoms with Gasteiger partial charge in [0, 0.05) is 6.07 Å². The Balaban J connectivity index is 1.62. The van der Waals surface area contributed by atoms with Gasteiger partial charge in [-0.15, -0.1) is 0 Å². The van der Waals surface area contributed by atoms with Crippen LogP contribution in [0.15, 0.2) is 59.1 Å². The van der Waals surface area contributed by atoms with Gasteiger partial charge in [0.2, 0.25) is 5.76 Å². The topological polar surface area (TPSA) is 72.6 Å². The predicted molar refractivity (Wildman–Crippen MR) is 99.0 cm³/mol. The van der Waals surface area contributed by atoms with E-state index >= 15 is 0 Å². The van der Waals surface area contributed by atoms with E-state index in [-0.39, 0.29) is 18.3 Å². The van der Waals surface area contributed by atoms with Crippen LogP contribution in [0.5, 0.6) is 0 Å². The highest BCUT2D eigenvalue weighted by Crippen LogP contribution is 2.35. The van der Waals surface area contributed by atoms with E-state index in [0.29, 0.717) is 5.69 Å². The molecule has 0 radical (unpaired) electrons. The van der Waals surface area contributed by atoms with Crippen molar-refractivity contribution in [2.75, 3.05) is 11.5 Å². The van der Waals surface area contributed by atoms with Crippen LogP contribution in [-0.2, 0) is 22.4 Å². The second-order valence-corrected chi connectivity index (χ2v) is 6.40. The van der Waals surface area contributed by atoms with Crippen molar-refractivity contribution in [2.24, 2.45) is 0 Å². The molecule has 0 spiro atoms. The zero-order valence-electron chi connectivity index (χ0n) is 14.8. The first-order valence-electron chi connectivity index (χ1n) is 8.72. The minimum atomic E-state index is -0.708. The van der Waals surface area contributed by atoms with Crippen LogP contribution in [0, 0.1) is 6.92 Å². The molecule has 0 fully saturated rings. The van der Waals surface area contributed by atoms with Crippen molar-refractivity contribution in [1.82, 2.24) is 5.16 Å². The molecule has 0 atom stereocenters. The van der Waals surface area contributed by atoms with E-state index in [0.717, 1.165) is 35.3 Å². The van der Waals surface area contributed by atoms with E-state index in [4.69, 9.17) is 9.26 Å². The molecule has 1 aliphatic heterocycles. The molecule has 0 N–H and O–H groups in total. The maximum Gasteiger partial charge on any atom is 0.377 e. The Morgan fingerprint density at radius 2 is 1.63 bits per heavy atom. The van der Waals surface area contributed by atoms with Gasteiger partial charge in [-0.05, 0) is 43.0 Å². The lowest BCUT2D eigenvalue weighted by Crippen LogP contribution is -2.31. The quantitative estimate of drug-likeness (QED) is 0.666. The summed E-state index contributed by atoms with van der Waals surface area (Å²) in [4.78, 5) is 26.7. The van der Waals surface area contributed by atoms with Crippen LogP contribution in [0.25, 0.3) is 0 Å². The largest absolute Gasteiger partial charge is 0.450 e. The molecule has 3 aromatic rings. The summed E-state index contributed by atoms with van der Waals surface area (Å²) in [5.74, 6) is -1.04. The van der Waals surface area contributed by atoms with E-state index in [1.807, 2.05) is 48.5 Å². The van der Waals surface area contributed by atoms with Gasteiger partial charge in [-0.2, -0.15) is 0 Å². The number of para-hydroxylation sites is 2. The van der Waals surface area contributed by atoms with Gasteiger partial charge in [0.1, 0.15) is 0 Å². The molecular formula is C21H18N2O4. The molecule has 2 heterocycles. The monoisotopic (exact) mass is 362 g/mol. The van der Waals surface area contributed by atoms with Crippen molar-refractivity contribution < 1.29 is 18.8 Å². The molecule has 1 amide bonds. The number of benzene rings is 2. The summed E-state index contributed by atoms with van der Waals surface area (Å²) in [5.41, 5.74) is 4.38. The van der Waals surface area contributed by atoms with Gasteiger partial charge in [0.15, 0.2) is 6.61 Å². The number of carbonyl (C=O) groups is 2. The molecule has 2 aromatic carbocycles. The normalized spacial score (nSPS) is 12.7. The number of ether oxygens (including phenoxy) is 1. The SMILES string of the molecule is Cc1cc(C(=O)OCC(=O)N2c3ccccc3CCc3ccccc32)on1. The standard InChI is InChI=1S/C21H18N2O4/c1-14-12-19(27-22-14)21(25)26-13-20(24)23-17-8-4-2-6-15(17)10-11-16-7-3-5-9-18(16)23/h2-9,12H,10-11,13H2,1H3. The predicted octanol–water partition coefficient (Wildman–Crippen LogP) is 3.60. The van der Waals surface area contributed by atoms with Crippen LogP contribution in [-0.4, -0.2) is 23.6 Å². The fourth-order valence-corrected chi connectivity index (χ4v) is 3.27. The highest BCUT2D eigenvalue weighted by molar-refractivity contribution is 6.04. The number of hydrogen-bond donors (Lipinski definition) is 0. The van der Waals surface area contributed by atoms with Crippen molar-refractivity contribution in [3.8, 4) is 0 Å². The molecule has 6 heteroatoms. The van der Waals surface area contributed by atoms with Gasteiger partial charge in [-0.1, -0.05) is 41.6 Å². The van der Waals surface area contributed by atoms with Crippen LogP contribution in [0.1, 0.15) is 27.4 Å². The van der Waals surface area contributed by atoms with E-state index in [9.17, 15) is 9.59 Å². The summed E-state index contributed by atoms with van der Waals surface area (Å²) in [7, 11) is 0. The zero-order chi connectivity index (χ0) is 18.8. The minimum Gasteiger partial charge on any atom is -0.450 e. The number of hydrogen-bond acceptors (Lipinski definition) is 5. The summed E-state index contributed by atoms with van der Waals surface area (Å²) in [5, 5.41) is 3.66. The summed E-state index contributed by atoms with van der Waals surface area (Å²) in [6.45, 7) is 1.32. The molecule has 0 saturated carbocycles. The molecule has 1 aromatic heterocycles. The van der Waals surface area contributed by atoms with Gasteiger partial charge in [0.05, 0.1) is 17.1 Å². The Hall–Kier alpha value is -3.41. The van der Waals surface area contributed by atoms with E-state index in [1.165, 1.54) is 6.07 Å². The van der Waals surface area contributed by atoms with Crippen LogP contribution >= 0.6 is 0 Å². The number of anilines is 2. The second kappa shape index (κ2) is 7.07. The number of carbonyl (C=O) groups excluding carboxylic acids is 2. The highest BCUT2D eigenvalue weighted by Gasteiger charge is 2.26. The number of rotatable bonds is 3. The lowest BCUT2D eigenvalue weighted by molar-refractivity contribution is -0.121. The minimum absolute atomic E-state index is 0.0167. The first-order chi connectivity index (χ1) is 13.1. The number of amides is 1. The van der Waals surface area contributed by atoms with Gasteiger partial charge < -0.3 is 9.26 Å². The summed E-state index contributed by atoms with van der Waals surface area (Å²) < 4.78 is 10.1. The number of esters is 1. The van der Waals surface area contributed by atoms with Gasteiger partial charge in [0.25, 0.3) is 5.91 Å². The Kier molecular flexibility index (Phi) is 4.46. The van der Waals surface area contributed by atoms with E-state index in [1.54, 1.807) is 11.8 Å². The molecule has 0 saturated heterocycles. The van der Waals surface area contributed by atoms with E-state index < -0.39 is 5.97 Å². The van der Waals surface area contributed by atoms with Crippen molar-refractivity contribution in [3.05, 3.63) is 77.2 Å². The van der Waals surface area contributed by atoms with Crippen LogP contribution < -0.4 is 4.90 Å². The van der Waals surface area contributed by atoms with Gasteiger partial charge in [-0.3, -0.25) is 9.69 Å². The Morgan fingerprint density at radius 1 is 1.04 bits per heavy atom. The maximum atomic E-state index is 13.0. The first-order valence-corrected chi connectivity index (χ1v) is 8.72. The first kappa shape index (κ1) is 17.0. The molecule has 4 rings (SSSR count). The Bertz CT molecular complexity index is 961. The molecular weight excluding hydrogens is 344 g/mol. The number of nitrogens with zero attached hydrogens (tertiary/aromatic N) is 2. The fraction of sp³-hybridized carbons (Fsp3) is 0.190. The Morgan fingerprint density at radius 3 is 2.19 bits per heavy atom. The maximum absolute atomic E-state index is 13.0. The van der Waals surface area contributed by atoms with Crippen LogP contribution in [0.3, 0.4) is 0 Å². The van der Waals surface area contributed by atoms with Crippen LogP contribution in [0.4, 0.5) is 11.4 Å². The lowest BCUT2D eigenvalue weighted by Gasteiger charge is -2.24. The van der Waals surface area contributed by atoms with Crippen LogP contribution in [0.2, 0.25) is 0 Å². The van der Waals surface area contributed by atoms with Gasteiger partial charge >= 0.3 is 5.97 Å². The number of fused-ring (bicyclic) bond motifs is 2. The third-order valence-corrected chi connectivity index (χ3v) is 4.53. The average molecular weight is 362 g/mol. The Labute approximate surface area is 156 Å². The zero-order valence-corrected chi connectivity index (χ0v) is 14.8. The summed E-state index contributed by atoms with van der Waals surface area (Å²) >= 11 is 0. The second-order valence-electron chi connectivity index (χ2n) is 6.40. The highest BCUT2D eigenvalue weighted by atomic mass is 16.6. The summed E-state index contributed by atoms with van der Waals surface area (Å²) in [6.07, 6.45) is 1.68. The smallest absolute Gasteiger partial charge is 0.377 e. The van der Waals surface area contributed by atoms with Crippen molar-refractivity contribution in [3.63, 3.8) is 0 Å². The van der Waals surface area contributed by atoms with Crippen molar-refractivity contribution in [1.29, 1.82) is 0 Å². The molecule has 27 heavy (non-hydrogen) atoms. The molecule has 1 aliphatic rings. The molecule has 0 bridgehead atoms. The molecule has 136 valence electrons. The summed E-state index contributed by atoms with van der Waals surface area (Å²) in [6, 6.07) is 17.1. The van der Waals surface area contributed by atoms with E-state index in [2.05, 4.69) is 5.16 Å². The van der Waals surface area contributed by atoms with Crippen molar-refractivity contribution in [2.45, 2.75) is 19.8 Å². The molecule has 6 nitrogen and oxygen atoms in total. The number of aryl methyl sites for hydroxylation is 3. The van der Waals surface area contributed by atoms with Crippen molar-refractivity contribution >= 4 is 23.3 Å². The lowest BCUT2D eigenvalue weighted by atomic mass is 10.0. The third-order valence-electron chi connectivity index (χ3n) is 4.53. The molecule has 0 aliphatic carbocycles. The number of aromatic nitrogens is 1. The molecule has 0 unspecified atom stereocenters. The fourth-order valence-electron chi connectivity index (χ4n) is 3.27. The third kappa shape index (κ3) is 3.33. The van der Waals surface area contributed by atoms with Gasteiger partial charge in [-0.25, -0.2) is 4.79 Å². The average Bonchev–Trinajstić information content (AvgIpc) is 3.05.